The van der Waals surface area contributed by atoms with E-state index >= 15 is 0 Å². The fourth-order valence-corrected chi connectivity index (χ4v) is 2.66. The molecule has 0 fully saturated rings. The van der Waals surface area contributed by atoms with Gasteiger partial charge in [0.25, 0.3) is 0 Å². The molecule has 1 atom stereocenters. The first-order valence-corrected chi connectivity index (χ1v) is 6.93. The highest BCUT2D eigenvalue weighted by Crippen LogP contribution is 2.34. The van der Waals surface area contributed by atoms with E-state index in [1.54, 1.807) is 7.11 Å². The topological polar surface area (TPSA) is 47.6 Å². The molecule has 0 amide bonds. The number of methoxy groups -OCH3 is 2. The van der Waals surface area contributed by atoms with Gasteiger partial charge in [0.2, 0.25) is 0 Å². The second-order valence-corrected chi connectivity index (χ2v) is 5.48. The number of carbonyl (C=O) groups is 1. The van der Waals surface area contributed by atoms with Crippen LogP contribution in [0.2, 0.25) is 0 Å². The maximum absolute atomic E-state index is 11.3. The second kappa shape index (κ2) is 6.99. The van der Waals surface area contributed by atoms with Gasteiger partial charge in [-0.2, -0.15) is 0 Å². The molecule has 1 aromatic rings. The van der Waals surface area contributed by atoms with Crippen LogP contribution < -0.4 is 10.1 Å². The van der Waals surface area contributed by atoms with E-state index in [0.29, 0.717) is 6.54 Å². The van der Waals surface area contributed by atoms with Crippen LogP contribution in [0, 0.1) is 5.92 Å². The molecule has 1 unspecified atom stereocenters. The second-order valence-electron chi connectivity index (χ2n) is 3.77. The molecule has 0 spiro atoms. The minimum absolute atomic E-state index is 0.212. The van der Waals surface area contributed by atoms with Gasteiger partial charge in [-0.3, -0.25) is 4.79 Å². The van der Waals surface area contributed by atoms with Gasteiger partial charge in [-0.05, 0) is 37.9 Å². The number of nitrogens with one attached hydrogen (secondary N) is 1. The summed E-state index contributed by atoms with van der Waals surface area (Å²) >= 11 is 6.85. The number of esters is 1. The minimum atomic E-state index is -0.234. The molecule has 0 aliphatic rings. The number of hydrogen-bond donors (Lipinski definition) is 1. The molecule has 6 heteroatoms. The van der Waals surface area contributed by atoms with Crippen molar-refractivity contribution in [2.75, 3.05) is 26.1 Å². The molecule has 0 radical (unpaired) electrons. The Morgan fingerprint density at radius 2 is 2.00 bits per heavy atom. The third-order valence-electron chi connectivity index (χ3n) is 2.44. The lowest BCUT2D eigenvalue weighted by Crippen LogP contribution is -2.21. The summed E-state index contributed by atoms with van der Waals surface area (Å²) in [6, 6.07) is 3.75. The molecule has 1 aromatic carbocycles. The Kier molecular flexibility index (Phi) is 5.95. The lowest BCUT2D eigenvalue weighted by Gasteiger charge is -2.14. The first-order valence-electron chi connectivity index (χ1n) is 5.34. The van der Waals surface area contributed by atoms with E-state index < -0.39 is 0 Å². The van der Waals surface area contributed by atoms with Gasteiger partial charge in [0.15, 0.2) is 0 Å². The van der Waals surface area contributed by atoms with Crippen molar-refractivity contribution in [1.82, 2.24) is 0 Å². The predicted octanol–water partition coefficient (Wildman–Crippen LogP) is 3.44. The molecule has 0 saturated carbocycles. The lowest BCUT2D eigenvalue weighted by molar-refractivity contribution is -0.144. The molecule has 4 nitrogen and oxygen atoms in total. The maximum Gasteiger partial charge on any atom is 0.310 e. The van der Waals surface area contributed by atoms with Crippen molar-refractivity contribution in [1.29, 1.82) is 0 Å². The Morgan fingerprint density at radius 1 is 1.33 bits per heavy atom. The third kappa shape index (κ3) is 3.88. The zero-order chi connectivity index (χ0) is 13.7. The van der Waals surface area contributed by atoms with Crippen molar-refractivity contribution < 1.29 is 14.3 Å². The summed E-state index contributed by atoms with van der Waals surface area (Å²) in [7, 11) is 2.99. The smallest absolute Gasteiger partial charge is 0.310 e. The highest BCUT2D eigenvalue weighted by molar-refractivity contribution is 9.11. The van der Waals surface area contributed by atoms with Crippen LogP contribution in [-0.2, 0) is 9.53 Å². The monoisotopic (exact) mass is 379 g/mol. The Morgan fingerprint density at radius 3 is 2.56 bits per heavy atom. The number of benzene rings is 1. The summed E-state index contributed by atoms with van der Waals surface area (Å²) < 4.78 is 11.6. The number of carbonyl (C=O) groups excluding carboxylic acids is 1. The van der Waals surface area contributed by atoms with Gasteiger partial charge >= 0.3 is 5.97 Å². The molecule has 0 aliphatic heterocycles. The summed E-state index contributed by atoms with van der Waals surface area (Å²) in [5.41, 5.74) is 0.866. The fraction of sp³-hybridized carbons (Fsp3) is 0.417. The molecule has 0 heterocycles. The van der Waals surface area contributed by atoms with E-state index in [9.17, 15) is 4.79 Å². The number of hydrogen-bond acceptors (Lipinski definition) is 4. The van der Waals surface area contributed by atoms with Gasteiger partial charge in [-0.25, -0.2) is 0 Å². The first-order chi connectivity index (χ1) is 8.49. The van der Waals surface area contributed by atoms with Crippen molar-refractivity contribution in [3.63, 3.8) is 0 Å². The Bertz CT molecular complexity index is 438. The molecule has 0 bridgehead atoms. The van der Waals surface area contributed by atoms with Crippen LogP contribution in [0.5, 0.6) is 5.75 Å². The number of anilines is 1. The Labute approximate surface area is 123 Å². The largest absolute Gasteiger partial charge is 0.495 e. The minimum Gasteiger partial charge on any atom is -0.495 e. The molecule has 0 saturated heterocycles. The van der Waals surface area contributed by atoms with E-state index in [4.69, 9.17) is 4.74 Å². The molecule has 1 N–H and O–H groups in total. The van der Waals surface area contributed by atoms with E-state index in [0.717, 1.165) is 20.4 Å². The molecule has 18 heavy (non-hydrogen) atoms. The summed E-state index contributed by atoms with van der Waals surface area (Å²) in [5, 5.41) is 3.18. The number of halogens is 2. The van der Waals surface area contributed by atoms with Crippen molar-refractivity contribution in [2.24, 2.45) is 5.92 Å². The zero-order valence-electron chi connectivity index (χ0n) is 10.4. The van der Waals surface area contributed by atoms with Gasteiger partial charge in [0.05, 0.1) is 30.3 Å². The maximum atomic E-state index is 11.3. The van der Waals surface area contributed by atoms with Crippen LogP contribution >= 0.6 is 31.9 Å². The van der Waals surface area contributed by atoms with Crippen LogP contribution in [0.1, 0.15) is 6.92 Å². The average molecular weight is 381 g/mol. The summed E-state index contributed by atoms with van der Waals surface area (Å²) in [6.07, 6.45) is 0. The first kappa shape index (κ1) is 15.3. The van der Waals surface area contributed by atoms with Crippen molar-refractivity contribution in [3.05, 3.63) is 21.1 Å². The fourth-order valence-electron chi connectivity index (χ4n) is 1.37. The van der Waals surface area contributed by atoms with Gasteiger partial charge < -0.3 is 14.8 Å². The number of ether oxygens (including phenoxy) is 2. The standard InChI is InChI=1S/C12H15Br2NO3/c1-7(12(16)18-3)6-15-10-5-11(17-2)9(14)4-8(10)13/h4-5,7,15H,6H2,1-3H3. The predicted molar refractivity (Wildman–Crippen MR) is 78.1 cm³/mol. The zero-order valence-corrected chi connectivity index (χ0v) is 13.6. The van der Waals surface area contributed by atoms with Crippen molar-refractivity contribution in [3.8, 4) is 5.75 Å². The van der Waals surface area contributed by atoms with Crippen LogP contribution in [0.3, 0.4) is 0 Å². The highest BCUT2D eigenvalue weighted by Gasteiger charge is 2.14. The average Bonchev–Trinajstić information content (AvgIpc) is 2.36. The van der Waals surface area contributed by atoms with Crippen LogP contribution in [0.25, 0.3) is 0 Å². The summed E-state index contributed by atoms with van der Waals surface area (Å²) in [5.74, 6) is 0.283. The third-order valence-corrected chi connectivity index (χ3v) is 3.72. The molecule has 100 valence electrons. The normalized spacial score (nSPS) is 11.8. The SMILES string of the molecule is COC(=O)C(C)CNc1cc(OC)c(Br)cc1Br. The molecule has 1 rings (SSSR count). The van der Waals surface area contributed by atoms with Crippen molar-refractivity contribution >= 4 is 43.5 Å². The Hall–Kier alpha value is -0.750. The Balaban J connectivity index is 2.76. The molecular weight excluding hydrogens is 366 g/mol. The van der Waals surface area contributed by atoms with Crippen molar-refractivity contribution in [2.45, 2.75) is 6.92 Å². The lowest BCUT2D eigenvalue weighted by atomic mass is 10.2. The molecular formula is C12H15Br2NO3. The van der Waals surface area contributed by atoms with E-state index in [1.807, 2.05) is 19.1 Å². The van der Waals surface area contributed by atoms with E-state index in [-0.39, 0.29) is 11.9 Å². The van der Waals surface area contributed by atoms with Crippen LogP contribution in [0.4, 0.5) is 5.69 Å². The quantitative estimate of drug-likeness (QED) is 0.795. The van der Waals surface area contributed by atoms with Gasteiger partial charge in [-0.15, -0.1) is 0 Å². The van der Waals surface area contributed by atoms with E-state index in [2.05, 4.69) is 41.9 Å². The van der Waals surface area contributed by atoms with Gasteiger partial charge in [0, 0.05) is 17.1 Å². The molecule has 0 aromatic heterocycles. The van der Waals surface area contributed by atoms with Gasteiger partial charge in [0.1, 0.15) is 5.75 Å². The van der Waals surface area contributed by atoms with Gasteiger partial charge in [-0.1, -0.05) is 6.92 Å². The van der Waals surface area contributed by atoms with Crippen LogP contribution in [0.15, 0.2) is 21.1 Å². The molecule has 0 aliphatic carbocycles. The van der Waals surface area contributed by atoms with Crippen LogP contribution in [-0.4, -0.2) is 26.7 Å². The summed E-state index contributed by atoms with van der Waals surface area (Å²) in [4.78, 5) is 11.3. The summed E-state index contributed by atoms with van der Waals surface area (Å²) in [6.45, 7) is 2.30. The number of rotatable bonds is 5. The van der Waals surface area contributed by atoms with E-state index in [1.165, 1.54) is 7.11 Å². The highest BCUT2D eigenvalue weighted by atomic mass is 79.9.